The number of carbonyl (C=O) groups is 2. The van der Waals surface area contributed by atoms with Crippen LogP contribution in [0.4, 0.5) is 0 Å². The number of halogens is 1. The van der Waals surface area contributed by atoms with Crippen molar-refractivity contribution < 1.29 is 14.3 Å². The van der Waals surface area contributed by atoms with Gasteiger partial charge in [0.1, 0.15) is 11.8 Å². The van der Waals surface area contributed by atoms with Gasteiger partial charge in [-0.3, -0.25) is 9.59 Å². The van der Waals surface area contributed by atoms with Crippen LogP contribution in [0, 0.1) is 0 Å². The summed E-state index contributed by atoms with van der Waals surface area (Å²) < 4.78 is 5.69. The topological polar surface area (TPSA) is 58.6 Å². The fourth-order valence-corrected chi connectivity index (χ4v) is 4.12. The number of hydrogen-bond donors (Lipinski definition) is 1. The van der Waals surface area contributed by atoms with E-state index in [1.54, 1.807) is 17.0 Å². The largest absolute Gasteiger partial charge is 0.484 e. The average molecular weight is 443 g/mol. The molecule has 1 aliphatic carbocycles. The Morgan fingerprint density at radius 3 is 2.39 bits per heavy atom. The number of rotatable bonds is 9. The molecule has 2 aromatic carbocycles. The van der Waals surface area contributed by atoms with Gasteiger partial charge < -0.3 is 15.0 Å². The molecule has 0 aromatic heterocycles. The van der Waals surface area contributed by atoms with E-state index in [0.717, 1.165) is 31.2 Å². The maximum atomic E-state index is 13.2. The Balaban J connectivity index is 1.73. The summed E-state index contributed by atoms with van der Waals surface area (Å²) in [5, 5.41) is 3.81. The molecule has 5 nitrogen and oxygen atoms in total. The van der Waals surface area contributed by atoms with E-state index >= 15 is 0 Å². The molecular formula is C25H31ClN2O3. The lowest BCUT2D eigenvalue weighted by Gasteiger charge is -2.32. The van der Waals surface area contributed by atoms with Crippen molar-refractivity contribution in [2.24, 2.45) is 0 Å². The molecular weight excluding hydrogens is 412 g/mol. The van der Waals surface area contributed by atoms with E-state index < -0.39 is 6.04 Å². The van der Waals surface area contributed by atoms with Gasteiger partial charge in [-0.1, -0.05) is 68.1 Å². The number of hydrogen-bond acceptors (Lipinski definition) is 3. The zero-order valence-electron chi connectivity index (χ0n) is 18.1. The summed E-state index contributed by atoms with van der Waals surface area (Å²) in [5.41, 5.74) is 0.918. The number of nitrogens with zero attached hydrogens (tertiary/aromatic N) is 1. The first-order valence-corrected chi connectivity index (χ1v) is 11.5. The van der Waals surface area contributed by atoms with Crippen LogP contribution in [0.15, 0.2) is 54.6 Å². The third kappa shape index (κ3) is 7.00. The predicted octanol–water partition coefficient (Wildman–Crippen LogP) is 4.98. The third-order valence-corrected chi connectivity index (χ3v) is 5.96. The van der Waals surface area contributed by atoms with Crippen molar-refractivity contribution in [2.45, 2.75) is 64.1 Å². The van der Waals surface area contributed by atoms with Gasteiger partial charge in [0.2, 0.25) is 5.91 Å². The molecule has 2 amide bonds. The lowest BCUT2D eigenvalue weighted by Crippen LogP contribution is -2.52. The summed E-state index contributed by atoms with van der Waals surface area (Å²) in [6.07, 6.45) is 6.04. The van der Waals surface area contributed by atoms with Crippen molar-refractivity contribution in [2.75, 3.05) is 6.61 Å². The molecule has 1 aliphatic rings. The maximum absolute atomic E-state index is 13.2. The highest BCUT2D eigenvalue weighted by atomic mass is 35.5. The van der Waals surface area contributed by atoms with E-state index in [1.807, 2.05) is 49.4 Å². The molecule has 0 unspecified atom stereocenters. The van der Waals surface area contributed by atoms with Crippen LogP contribution in [-0.4, -0.2) is 35.4 Å². The molecule has 6 heteroatoms. The standard InChI is InChI=1S/C25H31ClN2O3/c1-2-23(25(30)27-21-9-5-3-6-10-21)28(17-19-13-15-20(26)16-14-19)24(29)18-31-22-11-7-4-8-12-22/h4,7-8,11-16,21,23H,2-3,5-6,9-10,17-18H2,1H3,(H,27,30)/t23-/m0/s1. The Kier molecular flexibility index (Phi) is 8.77. The highest BCUT2D eigenvalue weighted by Crippen LogP contribution is 2.20. The van der Waals surface area contributed by atoms with Crippen LogP contribution in [0.1, 0.15) is 51.0 Å². The van der Waals surface area contributed by atoms with Crippen molar-refractivity contribution in [3.05, 3.63) is 65.2 Å². The van der Waals surface area contributed by atoms with Gasteiger partial charge in [0, 0.05) is 17.6 Å². The third-order valence-electron chi connectivity index (χ3n) is 5.71. The second-order valence-corrected chi connectivity index (χ2v) is 8.45. The Labute approximate surface area is 189 Å². The van der Waals surface area contributed by atoms with Gasteiger partial charge in [0.05, 0.1) is 0 Å². The van der Waals surface area contributed by atoms with Crippen molar-refractivity contribution in [3.63, 3.8) is 0 Å². The summed E-state index contributed by atoms with van der Waals surface area (Å²) in [7, 11) is 0. The Morgan fingerprint density at radius 1 is 1.06 bits per heavy atom. The van der Waals surface area contributed by atoms with Gasteiger partial charge in [-0.25, -0.2) is 0 Å². The van der Waals surface area contributed by atoms with E-state index in [0.29, 0.717) is 23.7 Å². The number of ether oxygens (including phenoxy) is 1. The molecule has 0 radical (unpaired) electrons. The molecule has 0 aliphatic heterocycles. The van der Waals surface area contributed by atoms with E-state index in [2.05, 4.69) is 5.32 Å². The van der Waals surface area contributed by atoms with E-state index in [-0.39, 0.29) is 24.5 Å². The molecule has 0 saturated heterocycles. The van der Waals surface area contributed by atoms with Crippen LogP contribution in [0.5, 0.6) is 5.75 Å². The first kappa shape index (κ1) is 23.1. The molecule has 0 heterocycles. The maximum Gasteiger partial charge on any atom is 0.261 e. The molecule has 1 N–H and O–H groups in total. The minimum Gasteiger partial charge on any atom is -0.484 e. The summed E-state index contributed by atoms with van der Waals surface area (Å²) in [6.45, 7) is 2.14. The lowest BCUT2D eigenvalue weighted by molar-refractivity contribution is -0.143. The number of benzene rings is 2. The molecule has 166 valence electrons. The van der Waals surface area contributed by atoms with Crippen molar-refractivity contribution in [1.29, 1.82) is 0 Å². The van der Waals surface area contributed by atoms with Crippen molar-refractivity contribution in [1.82, 2.24) is 10.2 Å². The van der Waals surface area contributed by atoms with Crippen molar-refractivity contribution in [3.8, 4) is 5.75 Å². The molecule has 1 atom stereocenters. The molecule has 1 fully saturated rings. The van der Waals surface area contributed by atoms with Gasteiger partial charge >= 0.3 is 0 Å². The van der Waals surface area contributed by atoms with Crippen molar-refractivity contribution >= 4 is 23.4 Å². The number of nitrogens with one attached hydrogen (secondary N) is 1. The fourth-order valence-electron chi connectivity index (χ4n) is 4.00. The summed E-state index contributed by atoms with van der Waals surface area (Å²) >= 11 is 6.01. The second-order valence-electron chi connectivity index (χ2n) is 8.02. The minimum absolute atomic E-state index is 0.0866. The smallest absolute Gasteiger partial charge is 0.261 e. The number of carbonyl (C=O) groups excluding carboxylic acids is 2. The number of amides is 2. The van der Waals surface area contributed by atoms with Crippen LogP contribution >= 0.6 is 11.6 Å². The van der Waals surface area contributed by atoms with Gasteiger partial charge in [-0.05, 0) is 49.1 Å². The minimum atomic E-state index is -0.551. The van der Waals surface area contributed by atoms with Gasteiger partial charge in [-0.15, -0.1) is 0 Å². The quantitative estimate of drug-likeness (QED) is 0.596. The fraction of sp³-hybridized carbons (Fsp3) is 0.440. The monoisotopic (exact) mass is 442 g/mol. The predicted molar refractivity (Wildman–Crippen MR) is 123 cm³/mol. The molecule has 2 aromatic rings. The first-order valence-electron chi connectivity index (χ1n) is 11.1. The number of para-hydroxylation sites is 1. The Hall–Kier alpha value is -2.53. The summed E-state index contributed by atoms with van der Waals surface area (Å²) in [5.74, 6) is 0.322. The molecule has 0 spiro atoms. The lowest BCUT2D eigenvalue weighted by atomic mass is 9.95. The van der Waals surface area contributed by atoms with E-state index in [1.165, 1.54) is 6.42 Å². The van der Waals surface area contributed by atoms with Crippen LogP contribution in [0.2, 0.25) is 5.02 Å². The summed E-state index contributed by atoms with van der Waals surface area (Å²) in [6, 6.07) is 16.2. The van der Waals surface area contributed by atoms with E-state index in [4.69, 9.17) is 16.3 Å². The second kappa shape index (κ2) is 11.8. The zero-order chi connectivity index (χ0) is 22.1. The van der Waals surface area contributed by atoms with Gasteiger partial charge in [0.25, 0.3) is 5.91 Å². The van der Waals surface area contributed by atoms with Crippen LogP contribution in [0.25, 0.3) is 0 Å². The Bertz CT molecular complexity index is 836. The SMILES string of the molecule is CC[C@@H](C(=O)NC1CCCCC1)N(Cc1ccc(Cl)cc1)C(=O)COc1ccccc1. The normalized spacial score (nSPS) is 15.2. The average Bonchev–Trinajstić information content (AvgIpc) is 2.80. The van der Waals surface area contributed by atoms with Crippen LogP contribution in [-0.2, 0) is 16.1 Å². The molecule has 31 heavy (non-hydrogen) atoms. The highest BCUT2D eigenvalue weighted by Gasteiger charge is 2.30. The van der Waals surface area contributed by atoms with Gasteiger partial charge in [-0.2, -0.15) is 0 Å². The Morgan fingerprint density at radius 2 is 1.74 bits per heavy atom. The highest BCUT2D eigenvalue weighted by molar-refractivity contribution is 6.30. The van der Waals surface area contributed by atoms with Gasteiger partial charge in [0.15, 0.2) is 6.61 Å². The summed E-state index contributed by atoms with van der Waals surface area (Å²) in [4.78, 5) is 27.9. The zero-order valence-corrected chi connectivity index (χ0v) is 18.8. The van der Waals surface area contributed by atoms with Crippen LogP contribution in [0.3, 0.4) is 0 Å². The molecule has 3 rings (SSSR count). The first-order chi connectivity index (χ1) is 15.1. The molecule has 1 saturated carbocycles. The van der Waals surface area contributed by atoms with E-state index in [9.17, 15) is 9.59 Å². The molecule has 0 bridgehead atoms. The van der Waals surface area contributed by atoms with Crippen LogP contribution < -0.4 is 10.1 Å².